The third-order valence-corrected chi connectivity index (χ3v) is 6.92. The Morgan fingerprint density at radius 1 is 1.12 bits per heavy atom. The van der Waals surface area contributed by atoms with Crippen molar-refractivity contribution >= 4 is 32.7 Å². The monoisotopic (exact) mass is 530 g/mol. The molecule has 0 unspecified atom stereocenters. The standard InChI is InChI=1S/C25H31BrN4O4/c26-20-13-18-15-30(19-9-7-17(16-31)8-10-19)29-22(18)14-23(20)33-11-2-1-3-12-34-24-6-4-5-21(28-24)25(27)32/h4-6,13-15,17,19,31H,1-3,7-12,16H2,(H2,27,32)/t17-,19-. The quantitative estimate of drug-likeness (QED) is 0.349. The van der Waals surface area contributed by atoms with E-state index in [1.807, 2.05) is 6.07 Å². The summed E-state index contributed by atoms with van der Waals surface area (Å²) in [4.78, 5) is 15.3. The number of fused-ring (bicyclic) bond motifs is 1. The number of hydrogen-bond acceptors (Lipinski definition) is 6. The Morgan fingerprint density at radius 3 is 2.62 bits per heavy atom. The van der Waals surface area contributed by atoms with E-state index in [0.29, 0.717) is 31.1 Å². The summed E-state index contributed by atoms with van der Waals surface area (Å²) < 4.78 is 14.6. The number of rotatable bonds is 11. The average Bonchev–Trinajstić information content (AvgIpc) is 3.26. The number of pyridine rings is 1. The number of primary amides is 1. The van der Waals surface area contributed by atoms with E-state index in [0.717, 1.165) is 66.1 Å². The van der Waals surface area contributed by atoms with E-state index in [9.17, 15) is 9.90 Å². The first-order valence-corrected chi connectivity index (χ1v) is 12.6. The van der Waals surface area contributed by atoms with Gasteiger partial charge in [-0.05, 0) is 78.9 Å². The van der Waals surface area contributed by atoms with Crippen LogP contribution in [0.25, 0.3) is 10.9 Å². The first-order chi connectivity index (χ1) is 16.5. The fourth-order valence-corrected chi connectivity index (χ4v) is 4.78. The van der Waals surface area contributed by atoms with Crippen LogP contribution in [0.3, 0.4) is 0 Å². The molecule has 1 fully saturated rings. The lowest BCUT2D eigenvalue weighted by atomic mass is 9.87. The molecule has 0 aliphatic heterocycles. The molecule has 0 radical (unpaired) electrons. The van der Waals surface area contributed by atoms with Crippen LogP contribution >= 0.6 is 15.9 Å². The summed E-state index contributed by atoms with van der Waals surface area (Å²) in [5.41, 5.74) is 6.37. The van der Waals surface area contributed by atoms with Gasteiger partial charge in [-0.3, -0.25) is 9.48 Å². The second kappa shape index (κ2) is 11.7. The Morgan fingerprint density at radius 2 is 1.88 bits per heavy atom. The van der Waals surface area contributed by atoms with Crippen molar-refractivity contribution in [2.75, 3.05) is 19.8 Å². The molecule has 182 valence electrons. The number of benzene rings is 1. The zero-order chi connectivity index (χ0) is 23.9. The lowest BCUT2D eigenvalue weighted by Crippen LogP contribution is -2.20. The molecular formula is C25H31BrN4O4. The Kier molecular flexibility index (Phi) is 8.39. The summed E-state index contributed by atoms with van der Waals surface area (Å²) in [7, 11) is 0. The van der Waals surface area contributed by atoms with E-state index in [1.54, 1.807) is 18.2 Å². The zero-order valence-electron chi connectivity index (χ0n) is 19.2. The van der Waals surface area contributed by atoms with Gasteiger partial charge in [0.25, 0.3) is 5.91 Å². The maximum Gasteiger partial charge on any atom is 0.267 e. The third kappa shape index (κ3) is 6.27. The van der Waals surface area contributed by atoms with Gasteiger partial charge < -0.3 is 20.3 Å². The predicted molar refractivity (Wildman–Crippen MR) is 133 cm³/mol. The summed E-state index contributed by atoms with van der Waals surface area (Å²) in [6, 6.07) is 9.44. The molecule has 1 aliphatic carbocycles. The number of hydrogen-bond donors (Lipinski definition) is 2. The number of carbonyl (C=O) groups excluding carboxylic acids is 1. The summed E-state index contributed by atoms with van der Waals surface area (Å²) in [6.45, 7) is 1.41. The number of halogens is 1. The number of unbranched alkanes of at least 4 members (excludes halogenated alkanes) is 2. The highest BCUT2D eigenvalue weighted by Gasteiger charge is 2.23. The number of amides is 1. The SMILES string of the molecule is NC(=O)c1cccc(OCCCCCOc2cc3nn([C@H]4CC[C@H](CO)CC4)cc3cc2Br)n1. The molecule has 0 spiro atoms. The number of aromatic nitrogens is 3. The van der Waals surface area contributed by atoms with Crippen molar-refractivity contribution in [3.8, 4) is 11.6 Å². The molecule has 2 heterocycles. The molecule has 0 bridgehead atoms. The summed E-state index contributed by atoms with van der Waals surface area (Å²) in [6.07, 6.45) is 9.02. The van der Waals surface area contributed by atoms with Gasteiger partial charge >= 0.3 is 0 Å². The van der Waals surface area contributed by atoms with Crippen LogP contribution < -0.4 is 15.2 Å². The first kappa shape index (κ1) is 24.5. The average molecular weight is 531 g/mol. The Balaban J connectivity index is 1.21. The van der Waals surface area contributed by atoms with Crippen molar-refractivity contribution in [1.29, 1.82) is 0 Å². The number of aliphatic hydroxyl groups excluding tert-OH is 1. The fourth-order valence-electron chi connectivity index (χ4n) is 4.31. The number of nitrogens with zero attached hydrogens (tertiary/aromatic N) is 3. The lowest BCUT2D eigenvalue weighted by molar-refractivity contribution is 0.0994. The van der Waals surface area contributed by atoms with Crippen LogP contribution in [-0.2, 0) is 0 Å². The smallest absolute Gasteiger partial charge is 0.267 e. The normalized spacial score (nSPS) is 18.2. The zero-order valence-corrected chi connectivity index (χ0v) is 20.7. The topological polar surface area (TPSA) is 112 Å². The molecule has 1 amide bonds. The van der Waals surface area contributed by atoms with Gasteiger partial charge in [0.2, 0.25) is 5.88 Å². The largest absolute Gasteiger partial charge is 0.492 e. The highest BCUT2D eigenvalue weighted by Crippen LogP contribution is 2.34. The number of nitrogens with two attached hydrogens (primary N) is 1. The number of aliphatic hydroxyl groups is 1. The van der Waals surface area contributed by atoms with Crippen molar-refractivity contribution in [2.24, 2.45) is 11.7 Å². The van der Waals surface area contributed by atoms with E-state index < -0.39 is 5.91 Å². The maximum absolute atomic E-state index is 11.2. The number of carbonyl (C=O) groups is 1. The summed E-state index contributed by atoms with van der Waals surface area (Å²) in [5, 5.41) is 15.3. The second-order valence-electron chi connectivity index (χ2n) is 8.79. The van der Waals surface area contributed by atoms with Crippen molar-refractivity contribution < 1.29 is 19.4 Å². The van der Waals surface area contributed by atoms with Gasteiger partial charge in [-0.1, -0.05) is 6.07 Å². The van der Waals surface area contributed by atoms with Gasteiger partial charge in [-0.15, -0.1) is 0 Å². The lowest BCUT2D eigenvalue weighted by Gasteiger charge is -2.27. The highest BCUT2D eigenvalue weighted by atomic mass is 79.9. The van der Waals surface area contributed by atoms with Crippen LogP contribution in [0.5, 0.6) is 11.6 Å². The van der Waals surface area contributed by atoms with Gasteiger partial charge in [0, 0.05) is 30.3 Å². The molecule has 1 saturated carbocycles. The van der Waals surface area contributed by atoms with Crippen molar-refractivity contribution in [3.05, 3.63) is 46.7 Å². The van der Waals surface area contributed by atoms with Gasteiger partial charge in [-0.2, -0.15) is 5.10 Å². The van der Waals surface area contributed by atoms with Gasteiger partial charge in [0.15, 0.2) is 0 Å². The third-order valence-electron chi connectivity index (χ3n) is 6.30. The minimum Gasteiger partial charge on any atom is -0.492 e. The van der Waals surface area contributed by atoms with E-state index >= 15 is 0 Å². The molecule has 4 rings (SSSR count). The molecule has 1 aliphatic rings. The molecule has 2 aromatic heterocycles. The minimum absolute atomic E-state index is 0.201. The minimum atomic E-state index is -0.566. The molecule has 34 heavy (non-hydrogen) atoms. The molecule has 3 N–H and O–H groups in total. The van der Waals surface area contributed by atoms with Gasteiger partial charge in [0.1, 0.15) is 11.4 Å². The van der Waals surface area contributed by atoms with Crippen LogP contribution in [-0.4, -0.2) is 45.6 Å². The molecule has 0 saturated heterocycles. The van der Waals surface area contributed by atoms with Gasteiger partial charge in [0.05, 0.1) is 29.2 Å². The highest BCUT2D eigenvalue weighted by molar-refractivity contribution is 9.10. The molecule has 3 aromatic rings. The molecular weight excluding hydrogens is 500 g/mol. The molecule has 1 aromatic carbocycles. The number of ether oxygens (including phenoxy) is 2. The van der Waals surface area contributed by atoms with E-state index in [2.05, 4.69) is 37.9 Å². The second-order valence-corrected chi connectivity index (χ2v) is 9.64. The van der Waals surface area contributed by atoms with Crippen molar-refractivity contribution in [2.45, 2.75) is 51.0 Å². The van der Waals surface area contributed by atoms with Gasteiger partial charge in [-0.25, -0.2) is 4.98 Å². The Labute approximate surface area is 207 Å². The first-order valence-electron chi connectivity index (χ1n) is 11.8. The van der Waals surface area contributed by atoms with Crippen LogP contribution in [0.1, 0.15) is 61.5 Å². The van der Waals surface area contributed by atoms with Crippen LogP contribution in [0, 0.1) is 5.92 Å². The maximum atomic E-state index is 11.2. The Hall–Kier alpha value is -2.65. The molecule has 8 nitrogen and oxygen atoms in total. The Bertz CT molecular complexity index is 1110. The van der Waals surface area contributed by atoms with Crippen molar-refractivity contribution in [3.63, 3.8) is 0 Å². The molecule has 9 heteroatoms. The van der Waals surface area contributed by atoms with E-state index in [1.165, 1.54) is 0 Å². The predicted octanol–water partition coefficient (Wildman–Crippen LogP) is 4.64. The van der Waals surface area contributed by atoms with Crippen LogP contribution in [0.15, 0.2) is 41.0 Å². The van der Waals surface area contributed by atoms with Crippen LogP contribution in [0.4, 0.5) is 0 Å². The fraction of sp³-hybridized carbons (Fsp3) is 0.480. The van der Waals surface area contributed by atoms with E-state index in [4.69, 9.17) is 20.3 Å². The summed E-state index contributed by atoms with van der Waals surface area (Å²) in [5.74, 6) is 1.08. The van der Waals surface area contributed by atoms with Crippen molar-refractivity contribution in [1.82, 2.24) is 14.8 Å². The molecule has 0 atom stereocenters. The van der Waals surface area contributed by atoms with Crippen LogP contribution in [0.2, 0.25) is 0 Å². The summed E-state index contributed by atoms with van der Waals surface area (Å²) >= 11 is 3.63. The van der Waals surface area contributed by atoms with E-state index in [-0.39, 0.29) is 12.3 Å².